The monoisotopic (exact) mass is 546 g/mol. The van der Waals surface area contributed by atoms with Gasteiger partial charge in [-0.1, -0.05) is 45.8 Å². The van der Waals surface area contributed by atoms with E-state index in [1.165, 1.54) is 18.1 Å². The minimum absolute atomic E-state index is 0.0145. The molecule has 7 heteroatoms. The first-order valence-corrected chi connectivity index (χ1v) is 15.3. The molecule has 1 spiro atoms. The molecule has 3 aliphatic heterocycles. The van der Waals surface area contributed by atoms with Gasteiger partial charge in [-0.25, -0.2) is 0 Å². The van der Waals surface area contributed by atoms with Gasteiger partial charge in [0.05, 0.1) is 17.3 Å². The molecule has 0 amide bonds. The van der Waals surface area contributed by atoms with E-state index in [2.05, 4.69) is 34.6 Å². The van der Waals surface area contributed by atoms with E-state index < -0.39 is 41.1 Å². The molecule has 3 saturated heterocycles. The van der Waals surface area contributed by atoms with Crippen molar-refractivity contribution in [2.24, 2.45) is 34.0 Å². The van der Waals surface area contributed by atoms with E-state index in [0.717, 1.165) is 44.9 Å². The van der Waals surface area contributed by atoms with E-state index in [1.807, 2.05) is 0 Å². The lowest BCUT2D eigenvalue weighted by Crippen LogP contribution is -2.61. The third kappa shape index (κ3) is 3.49. The number of carbonyl (C=O) groups excluding carboxylic acids is 1. The first-order chi connectivity index (χ1) is 17.9. The summed E-state index contributed by atoms with van der Waals surface area (Å²) >= 11 is 0. The Balaban J connectivity index is 1.39. The highest BCUT2D eigenvalue weighted by Crippen LogP contribution is 2.74. The summed E-state index contributed by atoms with van der Waals surface area (Å²) in [5.74, 6) is -2.14. The van der Waals surface area contributed by atoms with Crippen LogP contribution in [0, 0.1) is 34.0 Å². The maximum absolute atomic E-state index is 12.4. The van der Waals surface area contributed by atoms with Crippen molar-refractivity contribution >= 4 is 5.97 Å². The Morgan fingerprint density at radius 3 is 2.44 bits per heavy atom. The summed E-state index contributed by atoms with van der Waals surface area (Å²) in [6, 6.07) is 0. The number of aliphatic hydroxyl groups excluding tert-OH is 1. The molecule has 4 fully saturated rings. The molecule has 3 aliphatic carbocycles. The Morgan fingerprint density at radius 2 is 1.79 bits per heavy atom. The smallest absolute Gasteiger partial charge is 0.303 e. The molecular weight excluding hydrogens is 496 g/mol. The van der Waals surface area contributed by atoms with E-state index in [4.69, 9.17) is 14.2 Å². The molecule has 1 unspecified atom stereocenters. The molecule has 2 bridgehead atoms. The Morgan fingerprint density at radius 1 is 1.10 bits per heavy atom. The molecule has 11 atom stereocenters. The zero-order chi connectivity index (χ0) is 28.6. The number of hydrogen-bond acceptors (Lipinski definition) is 7. The normalized spacial score (nSPS) is 50.9. The van der Waals surface area contributed by atoms with Crippen molar-refractivity contribution in [3.05, 3.63) is 11.1 Å². The number of ether oxygens (including phenoxy) is 3. The van der Waals surface area contributed by atoms with Crippen molar-refractivity contribution in [3.8, 4) is 0 Å². The van der Waals surface area contributed by atoms with Gasteiger partial charge in [0.15, 0.2) is 11.9 Å². The van der Waals surface area contributed by atoms with E-state index in [-0.39, 0.29) is 28.3 Å². The summed E-state index contributed by atoms with van der Waals surface area (Å²) in [4.78, 5) is 12.0. The fraction of sp³-hybridized carbons (Fsp3) is 0.906. The van der Waals surface area contributed by atoms with Crippen molar-refractivity contribution in [3.63, 3.8) is 0 Å². The van der Waals surface area contributed by atoms with Gasteiger partial charge >= 0.3 is 5.97 Å². The van der Waals surface area contributed by atoms with Gasteiger partial charge in [0, 0.05) is 18.3 Å². The maximum Gasteiger partial charge on any atom is 0.303 e. The van der Waals surface area contributed by atoms with Crippen LogP contribution in [-0.2, 0) is 19.0 Å². The molecule has 220 valence electrons. The van der Waals surface area contributed by atoms with Crippen LogP contribution in [0.1, 0.15) is 107 Å². The second-order valence-electron chi connectivity index (χ2n) is 15.7. The Hall–Kier alpha value is -0.990. The van der Waals surface area contributed by atoms with E-state index >= 15 is 0 Å². The van der Waals surface area contributed by atoms with Crippen molar-refractivity contribution < 1.29 is 34.3 Å². The molecule has 0 radical (unpaired) electrons. The van der Waals surface area contributed by atoms with Crippen LogP contribution in [0.15, 0.2) is 11.1 Å². The van der Waals surface area contributed by atoms with Crippen LogP contribution in [0.5, 0.6) is 0 Å². The Bertz CT molecular complexity index is 1090. The zero-order valence-corrected chi connectivity index (χ0v) is 25.2. The van der Waals surface area contributed by atoms with Crippen LogP contribution in [0.25, 0.3) is 0 Å². The maximum atomic E-state index is 12.4. The minimum Gasteiger partial charge on any atom is -0.457 e. The summed E-state index contributed by atoms with van der Waals surface area (Å²) in [7, 11) is 0. The topological polar surface area (TPSA) is 105 Å². The molecule has 6 aliphatic rings. The second kappa shape index (κ2) is 8.31. The molecule has 0 aromatic heterocycles. The third-order valence-corrected chi connectivity index (χ3v) is 12.9. The minimum atomic E-state index is -1.81. The summed E-state index contributed by atoms with van der Waals surface area (Å²) in [6.07, 6.45) is 4.96. The molecule has 1 saturated carbocycles. The van der Waals surface area contributed by atoms with E-state index in [0.29, 0.717) is 18.4 Å². The Kier molecular flexibility index (Phi) is 5.99. The third-order valence-electron chi connectivity index (χ3n) is 12.9. The lowest BCUT2D eigenvalue weighted by molar-refractivity contribution is -0.341. The number of carbonyl (C=O) groups is 1. The summed E-state index contributed by atoms with van der Waals surface area (Å²) in [5, 5.41) is 35.6. The summed E-state index contributed by atoms with van der Waals surface area (Å²) in [6.45, 7) is 15.8. The first-order valence-electron chi connectivity index (χ1n) is 15.3. The number of hydrogen-bond donors (Lipinski definition) is 3. The number of aliphatic hydroxyl groups is 3. The van der Waals surface area contributed by atoms with Crippen LogP contribution < -0.4 is 0 Å². The molecule has 3 heterocycles. The molecule has 6 rings (SSSR count). The Labute approximate surface area is 233 Å². The lowest BCUT2D eigenvalue weighted by atomic mass is 9.52. The molecule has 0 aromatic carbocycles. The number of rotatable bonds is 3. The van der Waals surface area contributed by atoms with Gasteiger partial charge in [-0.3, -0.25) is 4.79 Å². The van der Waals surface area contributed by atoms with Crippen molar-refractivity contribution in [1.29, 1.82) is 0 Å². The molecule has 3 N–H and O–H groups in total. The molecular formula is C32H50O7. The molecule has 0 aromatic rings. The van der Waals surface area contributed by atoms with Crippen LogP contribution in [0.4, 0.5) is 0 Å². The number of esters is 1. The van der Waals surface area contributed by atoms with Gasteiger partial charge in [0.25, 0.3) is 0 Å². The fourth-order valence-electron chi connectivity index (χ4n) is 11.2. The first kappa shape index (κ1) is 28.1. The van der Waals surface area contributed by atoms with Crippen LogP contribution in [-0.4, -0.2) is 62.7 Å². The summed E-state index contributed by atoms with van der Waals surface area (Å²) in [5.41, 5.74) is 0.379. The summed E-state index contributed by atoms with van der Waals surface area (Å²) < 4.78 is 18.8. The number of fused-ring (bicyclic) bond motifs is 5. The molecule has 39 heavy (non-hydrogen) atoms. The van der Waals surface area contributed by atoms with Gasteiger partial charge < -0.3 is 29.5 Å². The van der Waals surface area contributed by atoms with Gasteiger partial charge in [-0.2, -0.15) is 0 Å². The highest BCUT2D eigenvalue weighted by Gasteiger charge is 2.77. The average molecular weight is 547 g/mol. The van der Waals surface area contributed by atoms with Gasteiger partial charge in [-0.15, -0.1) is 0 Å². The molecule has 7 nitrogen and oxygen atoms in total. The van der Waals surface area contributed by atoms with Crippen LogP contribution >= 0.6 is 0 Å². The predicted octanol–water partition coefficient (Wildman–Crippen LogP) is 4.65. The van der Waals surface area contributed by atoms with Crippen molar-refractivity contribution in [2.75, 3.05) is 0 Å². The quantitative estimate of drug-likeness (QED) is 0.349. The van der Waals surface area contributed by atoms with Gasteiger partial charge in [-0.05, 0) is 87.9 Å². The largest absolute Gasteiger partial charge is 0.457 e. The van der Waals surface area contributed by atoms with Crippen LogP contribution in [0.2, 0.25) is 0 Å². The van der Waals surface area contributed by atoms with Crippen molar-refractivity contribution in [2.45, 2.75) is 148 Å². The van der Waals surface area contributed by atoms with Gasteiger partial charge in [0.1, 0.15) is 12.2 Å². The second-order valence-corrected chi connectivity index (χ2v) is 15.7. The van der Waals surface area contributed by atoms with E-state index in [9.17, 15) is 20.1 Å². The standard InChI is InChI=1S/C32H50O7/c1-17-15-21(25(28(5,6)35)37-18(2)33)38-32(36)24(17)29(7)13-11-19-16-31-14-12-23(39-31)27(3,4)22(31)10-9-20(19)30(29,8)26(32)34/h17,21-26,34-36H,9-16H2,1-8H3/t17-,21-,22?,23+,24-,25-,26-,29-,30-,31+,32-/m1/s1. The SMILES string of the molecule is CC(=O)O[C@H]([C@H]1C[C@@H](C)[C@H]2[C@@](O)(O1)[C@H](O)[C@@]1(C)C3=C(CC[C@]21C)C[C@]12CC[C@H](O1)C(C)(C)C2CC3)C(C)(C)O. The zero-order valence-electron chi connectivity index (χ0n) is 25.2. The predicted molar refractivity (Wildman–Crippen MR) is 145 cm³/mol. The van der Waals surface area contributed by atoms with Crippen LogP contribution in [0.3, 0.4) is 0 Å². The van der Waals surface area contributed by atoms with Crippen molar-refractivity contribution in [1.82, 2.24) is 0 Å². The lowest BCUT2D eigenvalue weighted by Gasteiger charge is -2.53. The highest BCUT2D eigenvalue weighted by molar-refractivity contribution is 5.66. The van der Waals surface area contributed by atoms with E-state index in [1.54, 1.807) is 13.8 Å². The van der Waals surface area contributed by atoms with Gasteiger partial charge in [0.2, 0.25) is 0 Å². The highest BCUT2D eigenvalue weighted by atomic mass is 16.7. The fourth-order valence-corrected chi connectivity index (χ4v) is 11.2. The average Bonchev–Trinajstić information content (AvgIpc) is 3.30.